The van der Waals surface area contributed by atoms with E-state index < -0.39 is 12.0 Å². The van der Waals surface area contributed by atoms with Crippen LogP contribution in [0, 0.1) is 5.92 Å². The summed E-state index contributed by atoms with van der Waals surface area (Å²) in [5.74, 6) is -0.406. The molecule has 6 heteroatoms. The van der Waals surface area contributed by atoms with Crippen LogP contribution in [0.2, 0.25) is 5.02 Å². The molecule has 116 valence electrons. The van der Waals surface area contributed by atoms with Crippen LogP contribution in [-0.4, -0.2) is 30.8 Å². The van der Waals surface area contributed by atoms with Crippen LogP contribution in [-0.2, 0) is 14.3 Å². The maximum absolute atomic E-state index is 12.0. The van der Waals surface area contributed by atoms with Gasteiger partial charge in [-0.25, -0.2) is 4.79 Å². The Hall–Kier alpha value is -1.20. The molecule has 1 rings (SSSR count). The Labute approximate surface area is 134 Å². The van der Waals surface area contributed by atoms with Crippen LogP contribution < -0.4 is 5.32 Å². The van der Waals surface area contributed by atoms with Gasteiger partial charge < -0.3 is 10.1 Å². The lowest BCUT2D eigenvalue weighted by molar-refractivity contribution is -0.146. The van der Waals surface area contributed by atoms with Crippen LogP contribution in [0.4, 0.5) is 0 Å². The van der Waals surface area contributed by atoms with E-state index in [2.05, 4.69) is 5.32 Å². The van der Waals surface area contributed by atoms with E-state index in [9.17, 15) is 9.59 Å². The Kier molecular flexibility index (Phi) is 7.61. The zero-order valence-electron chi connectivity index (χ0n) is 12.4. The van der Waals surface area contributed by atoms with Gasteiger partial charge in [0.2, 0.25) is 5.91 Å². The van der Waals surface area contributed by atoms with Crippen molar-refractivity contribution < 1.29 is 14.3 Å². The highest BCUT2D eigenvalue weighted by molar-refractivity contribution is 8.00. The third-order valence-electron chi connectivity index (χ3n) is 3.18. The lowest BCUT2D eigenvalue weighted by Gasteiger charge is -2.21. The van der Waals surface area contributed by atoms with E-state index >= 15 is 0 Å². The number of carbonyl (C=O) groups excluding carboxylic acids is 2. The number of amides is 1. The van der Waals surface area contributed by atoms with E-state index in [0.717, 1.165) is 11.3 Å². The highest BCUT2D eigenvalue weighted by atomic mass is 35.5. The van der Waals surface area contributed by atoms with E-state index in [1.807, 2.05) is 32.0 Å². The molecule has 0 fully saturated rings. The molecule has 0 spiro atoms. The maximum atomic E-state index is 12.0. The predicted octanol–water partition coefficient (Wildman–Crippen LogP) is 3.14. The minimum atomic E-state index is -0.612. The van der Waals surface area contributed by atoms with Crippen LogP contribution in [0.3, 0.4) is 0 Å². The predicted molar refractivity (Wildman–Crippen MR) is 85.6 cm³/mol. The van der Waals surface area contributed by atoms with Gasteiger partial charge in [-0.1, -0.05) is 44.0 Å². The second-order valence-corrected chi connectivity index (χ2v) is 6.10. The SMILES string of the molecule is CC[C@H](C)[C@H](NC(=O)CSc1ccccc1Cl)C(=O)OC. The zero-order chi connectivity index (χ0) is 15.8. The van der Waals surface area contributed by atoms with Crippen molar-refractivity contribution in [2.75, 3.05) is 12.9 Å². The van der Waals surface area contributed by atoms with Gasteiger partial charge in [0.1, 0.15) is 6.04 Å². The van der Waals surface area contributed by atoms with E-state index in [4.69, 9.17) is 16.3 Å². The summed E-state index contributed by atoms with van der Waals surface area (Å²) < 4.78 is 4.74. The monoisotopic (exact) mass is 329 g/mol. The first-order chi connectivity index (χ1) is 9.99. The standard InChI is InChI=1S/C15H20ClNO3S/c1-4-10(2)14(15(19)20-3)17-13(18)9-21-12-8-6-5-7-11(12)16/h5-8,10,14H,4,9H2,1-3H3,(H,17,18)/t10-,14-/m0/s1. The molecule has 2 atom stereocenters. The molecule has 0 aliphatic heterocycles. The third kappa shape index (κ3) is 5.59. The topological polar surface area (TPSA) is 55.4 Å². The minimum Gasteiger partial charge on any atom is -0.467 e. The minimum absolute atomic E-state index is 0.0201. The fourth-order valence-electron chi connectivity index (χ4n) is 1.72. The van der Waals surface area contributed by atoms with Gasteiger partial charge in [0.15, 0.2) is 0 Å². The van der Waals surface area contributed by atoms with Gasteiger partial charge in [0.25, 0.3) is 0 Å². The van der Waals surface area contributed by atoms with Crippen molar-refractivity contribution in [3.63, 3.8) is 0 Å². The van der Waals surface area contributed by atoms with Gasteiger partial charge >= 0.3 is 5.97 Å². The average molecular weight is 330 g/mol. The number of ether oxygens (including phenoxy) is 1. The van der Waals surface area contributed by atoms with Crippen molar-refractivity contribution in [2.45, 2.75) is 31.2 Å². The molecule has 0 saturated carbocycles. The second-order valence-electron chi connectivity index (χ2n) is 4.67. The first-order valence-electron chi connectivity index (χ1n) is 6.74. The molecule has 0 bridgehead atoms. The fraction of sp³-hybridized carbons (Fsp3) is 0.467. The normalized spacial score (nSPS) is 13.3. The van der Waals surface area contributed by atoms with Crippen molar-refractivity contribution >= 4 is 35.2 Å². The Bertz CT molecular complexity index is 496. The number of halogens is 1. The summed E-state index contributed by atoms with van der Waals surface area (Å²) in [7, 11) is 1.32. The molecule has 4 nitrogen and oxygen atoms in total. The van der Waals surface area contributed by atoms with Gasteiger partial charge in [0, 0.05) is 4.90 Å². The summed E-state index contributed by atoms with van der Waals surface area (Å²) in [5.41, 5.74) is 0. The molecule has 1 N–H and O–H groups in total. The number of nitrogens with one attached hydrogen (secondary N) is 1. The molecule has 0 heterocycles. The van der Waals surface area contributed by atoms with Crippen molar-refractivity contribution in [3.05, 3.63) is 29.3 Å². The van der Waals surface area contributed by atoms with Crippen LogP contribution in [0.25, 0.3) is 0 Å². The summed E-state index contributed by atoms with van der Waals surface area (Å²) in [6.45, 7) is 3.87. The lowest BCUT2D eigenvalue weighted by atomic mass is 9.99. The number of hydrogen-bond donors (Lipinski definition) is 1. The van der Waals surface area contributed by atoms with Crippen LogP contribution in [0.1, 0.15) is 20.3 Å². The summed E-state index contributed by atoms with van der Waals surface area (Å²) in [6.07, 6.45) is 0.775. The van der Waals surface area contributed by atoms with Crippen LogP contribution in [0.15, 0.2) is 29.2 Å². The van der Waals surface area contributed by atoms with Crippen molar-refractivity contribution in [1.29, 1.82) is 0 Å². The van der Waals surface area contributed by atoms with Crippen molar-refractivity contribution in [1.82, 2.24) is 5.32 Å². The van der Waals surface area contributed by atoms with Gasteiger partial charge in [-0.05, 0) is 18.1 Å². The number of esters is 1. The molecule has 1 aromatic carbocycles. The molecule has 0 aromatic heterocycles. The number of thioether (sulfide) groups is 1. The van der Waals surface area contributed by atoms with Gasteiger partial charge in [-0.2, -0.15) is 0 Å². The molecule has 0 radical (unpaired) electrons. The molecule has 21 heavy (non-hydrogen) atoms. The summed E-state index contributed by atoms with van der Waals surface area (Å²) in [5, 5.41) is 3.34. The van der Waals surface area contributed by atoms with E-state index in [-0.39, 0.29) is 17.6 Å². The Morgan fingerprint density at radius 1 is 1.38 bits per heavy atom. The highest BCUT2D eigenvalue weighted by Crippen LogP contribution is 2.26. The van der Waals surface area contributed by atoms with E-state index in [0.29, 0.717) is 5.02 Å². The summed E-state index contributed by atoms with van der Waals surface area (Å²) >= 11 is 7.37. The second kappa shape index (κ2) is 8.95. The first kappa shape index (κ1) is 17.9. The maximum Gasteiger partial charge on any atom is 0.328 e. The molecular weight excluding hydrogens is 310 g/mol. The van der Waals surface area contributed by atoms with Gasteiger partial charge in [0.05, 0.1) is 17.9 Å². The summed E-state index contributed by atoms with van der Waals surface area (Å²) in [4.78, 5) is 24.5. The van der Waals surface area contributed by atoms with Gasteiger partial charge in [-0.3, -0.25) is 4.79 Å². The molecule has 1 aromatic rings. The smallest absolute Gasteiger partial charge is 0.328 e. The van der Waals surface area contributed by atoms with E-state index in [1.165, 1.54) is 18.9 Å². The third-order valence-corrected chi connectivity index (χ3v) is 4.70. The molecule has 0 unspecified atom stereocenters. The number of methoxy groups -OCH3 is 1. The Balaban J connectivity index is 2.58. The van der Waals surface area contributed by atoms with E-state index in [1.54, 1.807) is 6.07 Å². The van der Waals surface area contributed by atoms with Crippen molar-refractivity contribution in [3.8, 4) is 0 Å². The number of carbonyl (C=O) groups is 2. The molecule has 0 saturated heterocycles. The molecule has 0 aliphatic rings. The average Bonchev–Trinajstić information content (AvgIpc) is 2.50. The summed E-state index contributed by atoms with van der Waals surface area (Å²) in [6, 6.07) is 6.72. The largest absolute Gasteiger partial charge is 0.467 e. The van der Waals surface area contributed by atoms with Gasteiger partial charge in [-0.15, -0.1) is 11.8 Å². The molecule has 1 amide bonds. The number of rotatable bonds is 7. The quantitative estimate of drug-likeness (QED) is 0.617. The van der Waals surface area contributed by atoms with Crippen molar-refractivity contribution in [2.24, 2.45) is 5.92 Å². The lowest BCUT2D eigenvalue weighted by Crippen LogP contribution is -2.46. The number of benzene rings is 1. The molecular formula is C15H20ClNO3S. The fourth-order valence-corrected chi connectivity index (χ4v) is 2.77. The van der Waals surface area contributed by atoms with Crippen LogP contribution in [0.5, 0.6) is 0 Å². The highest BCUT2D eigenvalue weighted by Gasteiger charge is 2.26. The van der Waals surface area contributed by atoms with Crippen LogP contribution >= 0.6 is 23.4 Å². The number of hydrogen-bond acceptors (Lipinski definition) is 4. The molecule has 0 aliphatic carbocycles. The zero-order valence-corrected chi connectivity index (χ0v) is 14.0. The first-order valence-corrected chi connectivity index (χ1v) is 8.10. The Morgan fingerprint density at radius 2 is 2.05 bits per heavy atom. The Morgan fingerprint density at radius 3 is 2.62 bits per heavy atom.